The molecule has 0 aliphatic heterocycles. The number of guanidine groups is 1. The van der Waals surface area contributed by atoms with Gasteiger partial charge in [-0.05, 0) is 32.6 Å². The lowest BCUT2D eigenvalue weighted by molar-refractivity contribution is -0.125. The number of hydrogen-bond donors (Lipinski definition) is 2. The van der Waals surface area contributed by atoms with Gasteiger partial charge in [0.1, 0.15) is 0 Å². The Bertz CT molecular complexity index is 390. The average molecular weight is 469 g/mol. The Balaban J connectivity index is 0.00000312. The molecule has 148 valence electrons. The predicted molar refractivity (Wildman–Crippen MR) is 112 cm³/mol. The Hall–Kier alpha value is -0.120. The van der Waals surface area contributed by atoms with Gasteiger partial charge in [0.15, 0.2) is 5.96 Å². The van der Waals surface area contributed by atoms with Crippen molar-refractivity contribution in [2.45, 2.75) is 57.6 Å². The van der Waals surface area contributed by atoms with Crippen LogP contribution in [0.15, 0.2) is 4.99 Å². The predicted octanol–water partition coefficient (Wildman–Crippen LogP) is 2.56. The minimum Gasteiger partial charge on any atom is -0.382 e. The zero-order valence-corrected chi connectivity index (χ0v) is 18.3. The van der Waals surface area contributed by atoms with Gasteiger partial charge in [0.2, 0.25) is 0 Å². The van der Waals surface area contributed by atoms with Crippen LogP contribution in [0.5, 0.6) is 0 Å². The molecular formula is C18H36IN3O3. The Kier molecular flexibility index (Phi) is 11.3. The summed E-state index contributed by atoms with van der Waals surface area (Å²) in [6.45, 7) is 5.83. The molecule has 2 rings (SSSR count). The second kappa shape index (κ2) is 12.3. The van der Waals surface area contributed by atoms with Crippen molar-refractivity contribution in [1.82, 2.24) is 10.6 Å². The highest BCUT2D eigenvalue weighted by Crippen LogP contribution is 2.54. The molecule has 2 atom stereocenters. The fraction of sp³-hybridized carbons (Fsp3) is 0.944. The normalized spacial score (nSPS) is 24.7. The fourth-order valence-corrected chi connectivity index (χ4v) is 4.07. The van der Waals surface area contributed by atoms with E-state index in [1.807, 2.05) is 7.05 Å². The van der Waals surface area contributed by atoms with Gasteiger partial charge in [-0.2, -0.15) is 0 Å². The second-order valence-corrected chi connectivity index (χ2v) is 6.77. The van der Waals surface area contributed by atoms with Crippen molar-refractivity contribution in [3.8, 4) is 0 Å². The van der Waals surface area contributed by atoms with Crippen LogP contribution in [-0.2, 0) is 14.2 Å². The summed E-state index contributed by atoms with van der Waals surface area (Å²) in [6.07, 6.45) is 7.68. The van der Waals surface area contributed by atoms with Crippen LogP contribution in [0.25, 0.3) is 0 Å². The van der Waals surface area contributed by atoms with Crippen LogP contribution in [0.3, 0.4) is 0 Å². The molecule has 25 heavy (non-hydrogen) atoms. The Labute approximate surface area is 169 Å². The van der Waals surface area contributed by atoms with Crippen molar-refractivity contribution in [1.29, 1.82) is 0 Å². The molecule has 0 heterocycles. The highest BCUT2D eigenvalue weighted by atomic mass is 127. The lowest BCUT2D eigenvalue weighted by atomic mass is 9.60. The molecule has 1 spiro atoms. The topological polar surface area (TPSA) is 64.1 Å². The molecule has 0 aromatic carbocycles. The van der Waals surface area contributed by atoms with Crippen molar-refractivity contribution in [2.24, 2.45) is 10.4 Å². The van der Waals surface area contributed by atoms with Crippen LogP contribution in [0.4, 0.5) is 0 Å². The lowest BCUT2D eigenvalue weighted by Crippen LogP contribution is -2.65. The Morgan fingerprint density at radius 1 is 1.20 bits per heavy atom. The second-order valence-electron chi connectivity index (χ2n) is 6.77. The molecular weight excluding hydrogens is 433 g/mol. The van der Waals surface area contributed by atoms with Gasteiger partial charge in [0, 0.05) is 45.4 Å². The third kappa shape index (κ3) is 6.22. The van der Waals surface area contributed by atoms with Crippen LogP contribution < -0.4 is 10.6 Å². The molecule has 0 aromatic rings. The highest BCUT2D eigenvalue weighted by Gasteiger charge is 2.56. The van der Waals surface area contributed by atoms with E-state index in [1.165, 1.54) is 25.7 Å². The van der Waals surface area contributed by atoms with Gasteiger partial charge < -0.3 is 24.8 Å². The molecule has 2 aliphatic carbocycles. The average Bonchev–Trinajstić information content (AvgIpc) is 3.11. The number of methoxy groups -OCH3 is 1. The van der Waals surface area contributed by atoms with Crippen LogP contribution >= 0.6 is 24.0 Å². The molecule has 0 bridgehead atoms. The number of nitrogens with one attached hydrogen (secondary N) is 2. The van der Waals surface area contributed by atoms with Gasteiger partial charge in [-0.25, -0.2) is 0 Å². The van der Waals surface area contributed by atoms with Gasteiger partial charge in [0.05, 0.1) is 19.3 Å². The maximum absolute atomic E-state index is 5.98. The summed E-state index contributed by atoms with van der Waals surface area (Å²) in [7, 11) is 3.53. The maximum atomic E-state index is 5.98. The van der Waals surface area contributed by atoms with Crippen molar-refractivity contribution >= 4 is 29.9 Å². The van der Waals surface area contributed by atoms with E-state index in [9.17, 15) is 0 Å². The standard InChI is InChI=1S/C18H35N3O3.HI/c1-4-24-16-14-15(18(16)8-5-6-9-18)21-17(19-2)20-10-7-11-23-13-12-22-3;/h15-16H,4-14H2,1-3H3,(H2,19,20,21);1H. The number of nitrogens with zero attached hydrogens (tertiary/aromatic N) is 1. The van der Waals surface area contributed by atoms with Crippen molar-refractivity contribution in [3.05, 3.63) is 0 Å². The molecule has 2 unspecified atom stereocenters. The van der Waals surface area contributed by atoms with Crippen LogP contribution in [0, 0.1) is 5.41 Å². The fourth-order valence-electron chi connectivity index (χ4n) is 4.07. The summed E-state index contributed by atoms with van der Waals surface area (Å²) in [5, 5.41) is 7.03. The SMILES string of the molecule is CCOC1CC(NC(=NC)NCCCOCCOC)C12CCCC2.I. The van der Waals surface area contributed by atoms with E-state index < -0.39 is 0 Å². The summed E-state index contributed by atoms with van der Waals surface area (Å²) in [5.74, 6) is 0.901. The van der Waals surface area contributed by atoms with Gasteiger partial charge >= 0.3 is 0 Å². The van der Waals surface area contributed by atoms with E-state index in [0.717, 1.165) is 38.6 Å². The first kappa shape index (κ1) is 22.9. The number of aliphatic imine (C=N–C) groups is 1. The summed E-state index contributed by atoms with van der Waals surface area (Å²) in [5.41, 5.74) is 0.330. The van der Waals surface area contributed by atoms with Crippen molar-refractivity contribution in [3.63, 3.8) is 0 Å². The van der Waals surface area contributed by atoms with E-state index in [2.05, 4.69) is 22.5 Å². The quantitative estimate of drug-likeness (QED) is 0.223. The highest BCUT2D eigenvalue weighted by molar-refractivity contribution is 14.0. The molecule has 0 aromatic heterocycles. The number of rotatable bonds is 10. The number of ether oxygens (including phenoxy) is 3. The van der Waals surface area contributed by atoms with E-state index >= 15 is 0 Å². The van der Waals surface area contributed by atoms with Gasteiger partial charge in [-0.15, -0.1) is 24.0 Å². The summed E-state index contributed by atoms with van der Waals surface area (Å²) in [6, 6.07) is 0.487. The minimum atomic E-state index is 0. The molecule has 0 amide bonds. The Morgan fingerprint density at radius 2 is 1.96 bits per heavy atom. The smallest absolute Gasteiger partial charge is 0.191 e. The molecule has 0 saturated heterocycles. The maximum Gasteiger partial charge on any atom is 0.191 e. The van der Waals surface area contributed by atoms with Crippen LogP contribution in [-0.4, -0.2) is 65.2 Å². The molecule has 7 heteroatoms. The summed E-state index contributed by atoms with van der Waals surface area (Å²) >= 11 is 0. The molecule has 2 aliphatic rings. The first-order chi connectivity index (χ1) is 11.8. The number of hydrogen-bond acceptors (Lipinski definition) is 4. The van der Waals surface area contributed by atoms with Gasteiger partial charge in [-0.1, -0.05) is 12.8 Å². The van der Waals surface area contributed by atoms with Gasteiger partial charge in [0.25, 0.3) is 0 Å². The van der Waals surface area contributed by atoms with Crippen molar-refractivity contribution in [2.75, 3.05) is 47.1 Å². The number of halogens is 1. The van der Waals surface area contributed by atoms with E-state index in [4.69, 9.17) is 14.2 Å². The third-order valence-corrected chi connectivity index (χ3v) is 5.41. The third-order valence-electron chi connectivity index (χ3n) is 5.41. The van der Waals surface area contributed by atoms with Crippen LogP contribution in [0.2, 0.25) is 0 Å². The molecule has 6 nitrogen and oxygen atoms in total. The Morgan fingerprint density at radius 3 is 2.60 bits per heavy atom. The van der Waals surface area contributed by atoms with E-state index in [0.29, 0.717) is 30.8 Å². The lowest BCUT2D eigenvalue weighted by Gasteiger charge is -2.54. The molecule has 2 saturated carbocycles. The van der Waals surface area contributed by atoms with E-state index in [1.54, 1.807) is 7.11 Å². The zero-order chi connectivity index (χ0) is 17.3. The van der Waals surface area contributed by atoms with Crippen LogP contribution in [0.1, 0.15) is 45.4 Å². The molecule has 2 N–H and O–H groups in total. The molecule has 2 fully saturated rings. The minimum absolute atomic E-state index is 0. The first-order valence-electron chi connectivity index (χ1n) is 9.42. The van der Waals surface area contributed by atoms with Gasteiger partial charge in [-0.3, -0.25) is 4.99 Å². The van der Waals surface area contributed by atoms with E-state index in [-0.39, 0.29) is 24.0 Å². The summed E-state index contributed by atoms with van der Waals surface area (Å²) in [4.78, 5) is 4.38. The molecule has 0 radical (unpaired) electrons. The summed E-state index contributed by atoms with van der Waals surface area (Å²) < 4.78 is 16.4. The zero-order valence-electron chi connectivity index (χ0n) is 16.0. The largest absolute Gasteiger partial charge is 0.382 e. The van der Waals surface area contributed by atoms with Crippen molar-refractivity contribution < 1.29 is 14.2 Å². The monoisotopic (exact) mass is 469 g/mol. The first-order valence-corrected chi connectivity index (χ1v) is 9.42.